The molecule has 0 bridgehead atoms. The molecule has 1 aliphatic heterocycles. The molecular weight excluding hydrogens is 357 g/mol. The molecule has 2 atom stereocenters. The van der Waals surface area contributed by atoms with Crippen LogP contribution in [0.3, 0.4) is 0 Å². The van der Waals surface area contributed by atoms with E-state index in [1.54, 1.807) is 14.2 Å². The first kappa shape index (κ1) is 20.6. The van der Waals surface area contributed by atoms with E-state index in [1.807, 2.05) is 29.3 Å². The van der Waals surface area contributed by atoms with Crippen LogP contribution in [0.1, 0.15) is 36.8 Å². The van der Waals surface area contributed by atoms with Crippen molar-refractivity contribution in [3.63, 3.8) is 0 Å². The summed E-state index contributed by atoms with van der Waals surface area (Å²) in [6, 6.07) is 14.4. The van der Waals surface area contributed by atoms with Gasteiger partial charge in [-0.1, -0.05) is 24.3 Å². The molecule has 2 aliphatic rings. The van der Waals surface area contributed by atoms with Crippen LogP contribution in [0.15, 0.2) is 42.5 Å². The second-order valence-corrected chi connectivity index (χ2v) is 7.16. The Labute approximate surface area is 166 Å². The van der Waals surface area contributed by atoms with E-state index in [2.05, 4.69) is 23.5 Å². The summed E-state index contributed by atoms with van der Waals surface area (Å²) in [5.41, 5.74) is 10.0. The SMILES string of the molecule is CON1c2ccc(CN[C@H]3CCCC(F)C3)cc21.COc1ccccc1CN. The third kappa shape index (κ3) is 5.22. The van der Waals surface area contributed by atoms with Crippen LogP contribution < -0.4 is 20.9 Å². The zero-order valence-electron chi connectivity index (χ0n) is 16.7. The van der Waals surface area contributed by atoms with Gasteiger partial charge in [-0.25, -0.2) is 9.45 Å². The number of fused-ring (bicyclic) bond motifs is 1. The van der Waals surface area contributed by atoms with Gasteiger partial charge < -0.3 is 15.8 Å². The van der Waals surface area contributed by atoms with Crippen molar-refractivity contribution in [2.24, 2.45) is 5.73 Å². The molecule has 6 heteroatoms. The molecule has 2 aromatic rings. The number of anilines is 2. The molecule has 3 N–H and O–H groups in total. The lowest BCUT2D eigenvalue weighted by Gasteiger charge is -2.25. The summed E-state index contributed by atoms with van der Waals surface area (Å²) in [5, 5.41) is 5.26. The maximum Gasteiger partial charge on any atom is 0.123 e. The molecule has 4 rings (SSSR count). The Morgan fingerprint density at radius 3 is 2.64 bits per heavy atom. The predicted octanol–water partition coefficient (Wildman–Crippen LogP) is 4.22. The highest BCUT2D eigenvalue weighted by atomic mass is 19.1. The Hall–Kier alpha value is -2.15. The lowest BCUT2D eigenvalue weighted by atomic mass is 9.94. The molecule has 0 aromatic heterocycles. The van der Waals surface area contributed by atoms with Crippen molar-refractivity contribution >= 4 is 11.4 Å². The van der Waals surface area contributed by atoms with E-state index in [1.165, 1.54) is 5.56 Å². The minimum absolute atomic E-state index is 0.330. The normalized spacial score (nSPS) is 20.1. The van der Waals surface area contributed by atoms with Crippen molar-refractivity contribution < 1.29 is 14.0 Å². The fourth-order valence-electron chi connectivity index (χ4n) is 3.63. The lowest BCUT2D eigenvalue weighted by molar-refractivity contribution is 0.213. The van der Waals surface area contributed by atoms with Gasteiger partial charge in [-0.05, 0) is 49.4 Å². The van der Waals surface area contributed by atoms with Gasteiger partial charge in [0.25, 0.3) is 0 Å². The Bertz CT molecular complexity index is 748. The van der Waals surface area contributed by atoms with E-state index in [4.69, 9.17) is 15.3 Å². The third-order valence-electron chi connectivity index (χ3n) is 5.23. The summed E-state index contributed by atoms with van der Waals surface area (Å²) in [6.07, 6.45) is 2.87. The van der Waals surface area contributed by atoms with E-state index in [0.717, 1.165) is 48.5 Å². The first-order chi connectivity index (χ1) is 13.7. The molecule has 1 aliphatic carbocycles. The topological polar surface area (TPSA) is 59.5 Å². The number of nitrogens with two attached hydrogens (primary N) is 1. The van der Waals surface area contributed by atoms with Gasteiger partial charge in [0.05, 0.1) is 25.6 Å². The highest BCUT2D eigenvalue weighted by Crippen LogP contribution is 2.47. The number of rotatable bonds is 6. The van der Waals surface area contributed by atoms with Crippen molar-refractivity contribution in [3.05, 3.63) is 53.6 Å². The second-order valence-electron chi connectivity index (χ2n) is 7.16. The number of para-hydroxylation sites is 1. The summed E-state index contributed by atoms with van der Waals surface area (Å²) < 4.78 is 18.3. The number of benzene rings is 2. The monoisotopic (exact) mass is 387 g/mol. The second kappa shape index (κ2) is 9.87. The fourth-order valence-corrected chi connectivity index (χ4v) is 3.63. The van der Waals surface area contributed by atoms with Gasteiger partial charge >= 0.3 is 0 Å². The standard InChI is InChI=1S/C14H19FN2O.C8H11NO/c1-18-17-13-6-5-10(7-14(13)17)9-16-12-4-2-3-11(15)8-12;1-10-8-5-3-2-4-7(8)6-9/h5-7,11-12,16H,2-4,8-9H2,1H3;2-5H,6,9H2,1H3/t11?,12-,17?;/m0./s1. The van der Waals surface area contributed by atoms with Crippen LogP contribution in [0, 0.1) is 0 Å². The number of alkyl halides is 1. The highest BCUT2D eigenvalue weighted by Gasteiger charge is 2.29. The number of hydrogen-bond donors (Lipinski definition) is 2. The molecule has 1 heterocycles. The van der Waals surface area contributed by atoms with Crippen LogP contribution >= 0.6 is 0 Å². The van der Waals surface area contributed by atoms with Gasteiger partial charge in [-0.15, -0.1) is 0 Å². The van der Waals surface area contributed by atoms with Crippen molar-refractivity contribution in [1.29, 1.82) is 0 Å². The predicted molar refractivity (Wildman–Crippen MR) is 110 cm³/mol. The van der Waals surface area contributed by atoms with Crippen LogP contribution in [-0.4, -0.2) is 26.4 Å². The van der Waals surface area contributed by atoms with Crippen LogP contribution in [0.25, 0.3) is 0 Å². The van der Waals surface area contributed by atoms with Crippen molar-refractivity contribution in [2.75, 3.05) is 19.3 Å². The smallest absolute Gasteiger partial charge is 0.123 e. The Kier molecular flexibility index (Phi) is 7.25. The van der Waals surface area contributed by atoms with Gasteiger partial charge in [0.1, 0.15) is 11.9 Å². The van der Waals surface area contributed by atoms with Crippen LogP contribution in [0.4, 0.5) is 15.8 Å². The van der Waals surface area contributed by atoms with Crippen LogP contribution in [-0.2, 0) is 17.9 Å². The largest absolute Gasteiger partial charge is 0.496 e. The average molecular weight is 387 g/mol. The lowest BCUT2D eigenvalue weighted by Crippen LogP contribution is -2.34. The third-order valence-corrected chi connectivity index (χ3v) is 5.23. The zero-order valence-corrected chi connectivity index (χ0v) is 16.7. The minimum Gasteiger partial charge on any atom is -0.496 e. The number of hydrogen-bond acceptors (Lipinski definition) is 5. The molecule has 0 amide bonds. The van der Waals surface area contributed by atoms with Crippen molar-refractivity contribution in [2.45, 2.75) is 51.0 Å². The maximum absolute atomic E-state index is 13.3. The molecular formula is C22H30FN3O2. The number of nitrogens with zero attached hydrogens (tertiary/aromatic N) is 1. The number of ether oxygens (including phenoxy) is 1. The van der Waals surface area contributed by atoms with Crippen LogP contribution in [0.2, 0.25) is 0 Å². The quantitative estimate of drug-likeness (QED) is 0.727. The van der Waals surface area contributed by atoms with Crippen molar-refractivity contribution in [3.8, 4) is 5.75 Å². The molecule has 152 valence electrons. The number of halogens is 1. The first-order valence-corrected chi connectivity index (χ1v) is 9.82. The van der Waals surface area contributed by atoms with E-state index < -0.39 is 6.17 Å². The fraction of sp³-hybridized carbons (Fsp3) is 0.455. The van der Waals surface area contributed by atoms with E-state index in [0.29, 0.717) is 19.0 Å². The van der Waals surface area contributed by atoms with Crippen LogP contribution in [0.5, 0.6) is 5.75 Å². The van der Waals surface area contributed by atoms with Gasteiger partial charge in [0, 0.05) is 24.7 Å². The number of nitrogens with one attached hydrogen (secondary N) is 1. The van der Waals surface area contributed by atoms with Crippen molar-refractivity contribution in [1.82, 2.24) is 5.32 Å². The molecule has 5 nitrogen and oxygen atoms in total. The van der Waals surface area contributed by atoms with Gasteiger partial charge in [-0.3, -0.25) is 4.84 Å². The Morgan fingerprint density at radius 1 is 1.14 bits per heavy atom. The zero-order chi connectivity index (χ0) is 19.9. The minimum atomic E-state index is -0.617. The Balaban J connectivity index is 0.000000192. The summed E-state index contributed by atoms with van der Waals surface area (Å²) in [5.74, 6) is 0.866. The number of methoxy groups -OCH3 is 1. The molecule has 2 aromatic carbocycles. The molecule has 28 heavy (non-hydrogen) atoms. The molecule has 0 saturated heterocycles. The van der Waals surface area contributed by atoms with Gasteiger partial charge in [0.15, 0.2) is 0 Å². The average Bonchev–Trinajstić information content (AvgIpc) is 3.45. The molecule has 1 fully saturated rings. The molecule has 0 spiro atoms. The molecule has 0 radical (unpaired) electrons. The summed E-state index contributed by atoms with van der Waals surface area (Å²) in [6.45, 7) is 1.34. The summed E-state index contributed by atoms with van der Waals surface area (Å²) in [7, 11) is 3.32. The highest BCUT2D eigenvalue weighted by molar-refractivity contribution is 5.90. The van der Waals surface area contributed by atoms with Gasteiger partial charge in [-0.2, -0.15) is 0 Å². The molecule has 1 unspecified atom stereocenters. The maximum atomic E-state index is 13.3. The first-order valence-electron chi connectivity index (χ1n) is 9.82. The van der Waals surface area contributed by atoms with E-state index in [9.17, 15) is 4.39 Å². The Morgan fingerprint density at radius 2 is 1.96 bits per heavy atom. The van der Waals surface area contributed by atoms with E-state index in [-0.39, 0.29) is 0 Å². The summed E-state index contributed by atoms with van der Waals surface area (Å²) >= 11 is 0. The van der Waals surface area contributed by atoms with Gasteiger partial charge in [0.2, 0.25) is 0 Å². The molecule has 1 saturated carbocycles. The van der Waals surface area contributed by atoms with E-state index >= 15 is 0 Å². The summed E-state index contributed by atoms with van der Waals surface area (Å²) in [4.78, 5) is 5.16.